The van der Waals surface area contributed by atoms with Gasteiger partial charge in [0.25, 0.3) is 0 Å². The van der Waals surface area contributed by atoms with Gasteiger partial charge in [0.05, 0.1) is 8.93 Å². The van der Waals surface area contributed by atoms with Gasteiger partial charge < -0.3 is 5.32 Å². The number of hydrogen-bond acceptors (Lipinski definition) is 2. The molecule has 1 nitrogen and oxygen atoms in total. The van der Waals surface area contributed by atoms with Crippen molar-refractivity contribution in [3.8, 4) is 12.3 Å². The number of halogens is 1. The van der Waals surface area contributed by atoms with E-state index in [2.05, 4.69) is 52.2 Å². The zero-order valence-electron chi connectivity index (χ0n) is 6.80. The van der Waals surface area contributed by atoms with Gasteiger partial charge in [-0.1, -0.05) is 12.8 Å². The summed E-state index contributed by atoms with van der Waals surface area (Å²) in [7, 11) is 0. The monoisotopic (exact) mass is 291 g/mol. The van der Waals surface area contributed by atoms with Gasteiger partial charge in [-0.25, -0.2) is 0 Å². The van der Waals surface area contributed by atoms with Crippen LogP contribution in [0.5, 0.6) is 0 Å². The molecule has 0 aliphatic carbocycles. The summed E-state index contributed by atoms with van der Waals surface area (Å²) < 4.78 is 1.28. The second-order valence-electron chi connectivity index (χ2n) is 2.34. The molecule has 1 aromatic rings. The van der Waals surface area contributed by atoms with Gasteiger partial charge in [-0.15, -0.1) is 17.8 Å². The lowest BCUT2D eigenvalue weighted by Gasteiger charge is -2.08. The van der Waals surface area contributed by atoms with Crippen LogP contribution >= 0.6 is 33.9 Å². The van der Waals surface area contributed by atoms with Crippen LogP contribution in [0.2, 0.25) is 0 Å². The zero-order valence-corrected chi connectivity index (χ0v) is 9.78. The minimum atomic E-state index is 0.0785. The van der Waals surface area contributed by atoms with E-state index in [-0.39, 0.29) is 6.04 Å². The van der Waals surface area contributed by atoms with E-state index < -0.39 is 0 Å². The molecule has 0 aliphatic rings. The Kier molecular flexibility index (Phi) is 4.06. The van der Waals surface area contributed by atoms with Crippen LogP contribution in [-0.2, 0) is 0 Å². The minimum absolute atomic E-state index is 0.0785. The zero-order chi connectivity index (χ0) is 8.97. The van der Waals surface area contributed by atoms with Gasteiger partial charge in [0, 0.05) is 0 Å². The Labute approximate surface area is 90.7 Å². The first-order chi connectivity index (χ1) is 5.77. The van der Waals surface area contributed by atoms with Crippen LogP contribution in [0.25, 0.3) is 0 Å². The predicted octanol–water partition coefficient (Wildman–Crippen LogP) is 2.64. The summed E-state index contributed by atoms with van der Waals surface area (Å²) in [6.45, 7) is 2.96. The lowest BCUT2D eigenvalue weighted by Crippen LogP contribution is -2.18. The maximum absolute atomic E-state index is 5.39. The molecule has 64 valence electrons. The van der Waals surface area contributed by atoms with E-state index in [0.717, 1.165) is 6.54 Å². The molecule has 0 bridgehead atoms. The van der Waals surface area contributed by atoms with E-state index in [4.69, 9.17) is 6.42 Å². The largest absolute Gasteiger partial charge is 0.300 e. The van der Waals surface area contributed by atoms with E-state index in [1.54, 1.807) is 11.3 Å². The molecule has 0 spiro atoms. The van der Waals surface area contributed by atoms with Crippen molar-refractivity contribution in [2.45, 2.75) is 13.0 Å². The third-order valence-electron chi connectivity index (χ3n) is 1.50. The molecule has 0 saturated carbocycles. The van der Waals surface area contributed by atoms with E-state index in [1.165, 1.54) is 8.45 Å². The molecular weight excluding hydrogens is 281 g/mol. The van der Waals surface area contributed by atoms with E-state index in [0.29, 0.717) is 0 Å². The summed E-state index contributed by atoms with van der Waals surface area (Å²) in [5.74, 6) is 2.72. The highest BCUT2D eigenvalue weighted by atomic mass is 127. The smallest absolute Gasteiger partial charge is 0.0951 e. The van der Waals surface area contributed by atoms with Crippen molar-refractivity contribution in [2.24, 2.45) is 0 Å². The second-order valence-corrected chi connectivity index (χ2v) is 5.15. The van der Waals surface area contributed by atoms with Crippen LogP contribution in [0.15, 0.2) is 11.4 Å². The fourth-order valence-corrected chi connectivity index (χ4v) is 2.35. The number of terminal acetylenes is 1. The number of thiophene rings is 1. The van der Waals surface area contributed by atoms with Crippen molar-refractivity contribution in [1.82, 2.24) is 5.32 Å². The number of rotatable bonds is 3. The van der Waals surface area contributed by atoms with Crippen molar-refractivity contribution in [3.05, 3.63) is 19.9 Å². The van der Waals surface area contributed by atoms with Crippen molar-refractivity contribution in [2.75, 3.05) is 6.54 Å². The molecule has 0 aliphatic heterocycles. The molecular formula is C9H10INS. The molecule has 0 saturated heterocycles. The highest BCUT2D eigenvalue weighted by Crippen LogP contribution is 2.21. The lowest BCUT2D eigenvalue weighted by atomic mass is 10.2. The summed E-state index contributed by atoms with van der Waals surface area (Å²) in [6.07, 6.45) is 5.39. The second kappa shape index (κ2) is 4.85. The quantitative estimate of drug-likeness (QED) is 0.667. The van der Waals surface area contributed by atoms with Crippen LogP contribution in [0.3, 0.4) is 0 Å². The van der Waals surface area contributed by atoms with Gasteiger partial charge in [0.2, 0.25) is 0 Å². The molecule has 1 rings (SSSR count). The average Bonchev–Trinajstić information content (AvgIpc) is 2.47. The van der Waals surface area contributed by atoms with Gasteiger partial charge >= 0.3 is 0 Å². The molecule has 1 N–H and O–H groups in total. The highest BCUT2D eigenvalue weighted by molar-refractivity contribution is 14.1. The third-order valence-corrected chi connectivity index (χ3v) is 3.30. The normalized spacial score (nSPS) is 12.4. The van der Waals surface area contributed by atoms with Crippen molar-refractivity contribution < 1.29 is 0 Å². The molecule has 1 heterocycles. The number of hydrogen-bond donors (Lipinski definition) is 1. The molecule has 1 unspecified atom stereocenters. The first kappa shape index (κ1) is 10.0. The Hall–Kier alpha value is -0.0500. The Morgan fingerprint density at radius 1 is 1.83 bits per heavy atom. The number of nitrogens with one attached hydrogen (secondary N) is 1. The van der Waals surface area contributed by atoms with Crippen molar-refractivity contribution in [3.63, 3.8) is 0 Å². The van der Waals surface area contributed by atoms with Gasteiger partial charge in [-0.2, -0.15) is 0 Å². The maximum atomic E-state index is 5.39. The Morgan fingerprint density at radius 3 is 3.00 bits per heavy atom. The van der Waals surface area contributed by atoms with Crippen LogP contribution in [0, 0.1) is 15.2 Å². The predicted molar refractivity (Wildman–Crippen MR) is 62.3 cm³/mol. The summed E-state index contributed by atoms with van der Waals surface area (Å²) in [5.41, 5.74) is 1.20. The Bertz CT molecular complexity index is 287. The molecule has 0 aromatic carbocycles. The van der Waals surface area contributed by atoms with E-state index in [9.17, 15) is 0 Å². The first-order valence-corrected chi connectivity index (χ1v) is 5.67. The van der Waals surface area contributed by atoms with Crippen LogP contribution in [-0.4, -0.2) is 6.54 Å². The highest BCUT2D eigenvalue weighted by Gasteiger charge is 2.07. The van der Waals surface area contributed by atoms with Crippen molar-refractivity contribution >= 4 is 33.9 Å². The lowest BCUT2D eigenvalue weighted by molar-refractivity contribution is 0.666. The van der Waals surface area contributed by atoms with Gasteiger partial charge in [0.15, 0.2) is 0 Å². The first-order valence-electron chi connectivity index (χ1n) is 3.71. The van der Waals surface area contributed by atoms with Gasteiger partial charge in [-0.3, -0.25) is 0 Å². The Morgan fingerprint density at radius 2 is 2.58 bits per heavy atom. The molecule has 0 radical (unpaired) electrons. The van der Waals surface area contributed by atoms with Crippen molar-refractivity contribution in [1.29, 1.82) is 0 Å². The minimum Gasteiger partial charge on any atom is -0.300 e. The van der Waals surface area contributed by atoms with E-state index >= 15 is 0 Å². The van der Waals surface area contributed by atoms with E-state index in [1.807, 2.05) is 0 Å². The molecule has 1 atom stereocenters. The van der Waals surface area contributed by atoms with Gasteiger partial charge in [-0.05, 0) is 46.1 Å². The van der Waals surface area contributed by atoms with Crippen LogP contribution < -0.4 is 5.32 Å². The Balaban J connectivity index is 2.74. The molecule has 3 heteroatoms. The van der Waals surface area contributed by atoms with Crippen LogP contribution in [0.4, 0.5) is 0 Å². The summed E-state index contributed by atoms with van der Waals surface area (Å²) >= 11 is 4.03. The fraction of sp³-hybridized carbons (Fsp3) is 0.333. The third kappa shape index (κ3) is 2.47. The molecule has 1 aromatic heterocycles. The summed E-state index contributed by atoms with van der Waals surface area (Å²) in [4.78, 5) is 0. The fourth-order valence-electron chi connectivity index (χ4n) is 0.952. The SMILES string of the molecule is C#CC(NCC)c1csc(I)c1. The molecule has 0 fully saturated rings. The van der Waals surface area contributed by atoms with Gasteiger partial charge in [0.1, 0.15) is 0 Å². The average molecular weight is 291 g/mol. The standard InChI is InChI=1S/C9H10INS/c1-3-8(11-4-2)7-5-9(10)12-6-7/h1,5-6,8,11H,4H2,2H3. The molecule has 12 heavy (non-hydrogen) atoms. The summed E-state index contributed by atoms with van der Waals surface area (Å²) in [5, 5.41) is 5.34. The molecule has 0 amide bonds. The maximum Gasteiger partial charge on any atom is 0.0951 e. The van der Waals surface area contributed by atoms with Crippen LogP contribution in [0.1, 0.15) is 18.5 Å². The summed E-state index contributed by atoms with van der Waals surface area (Å²) in [6, 6.07) is 2.20. The topological polar surface area (TPSA) is 12.0 Å².